The Morgan fingerprint density at radius 2 is 1.80 bits per heavy atom. The zero-order valence-corrected chi connectivity index (χ0v) is 12.6. The number of benzene rings is 1. The molecule has 0 spiro atoms. The summed E-state index contributed by atoms with van der Waals surface area (Å²) in [5.41, 5.74) is -2.63. The van der Waals surface area contributed by atoms with Gasteiger partial charge in [-0.3, -0.25) is 0 Å². The van der Waals surface area contributed by atoms with Gasteiger partial charge in [-0.15, -0.1) is 0 Å². The van der Waals surface area contributed by atoms with Crippen LogP contribution in [-0.2, 0) is 12.4 Å². The highest BCUT2D eigenvalue weighted by atomic mass is 19.4. The van der Waals surface area contributed by atoms with E-state index in [1.165, 1.54) is 6.07 Å². The zero-order valence-electron chi connectivity index (χ0n) is 12.6. The summed E-state index contributed by atoms with van der Waals surface area (Å²) < 4.78 is 83.9. The summed E-state index contributed by atoms with van der Waals surface area (Å²) in [6.07, 6.45) is -3.78. The third-order valence-electron chi connectivity index (χ3n) is 3.66. The molecule has 0 amide bonds. The van der Waals surface area contributed by atoms with Crippen molar-refractivity contribution in [3.05, 3.63) is 59.3 Å². The number of halogens is 6. The third kappa shape index (κ3) is 3.62. The Bertz CT molecular complexity index is 864. The standard InChI is InChI=1S/C17H11F6NO/c18-16(19,20)12-7-3-6-11-13(25-9-10-4-1-2-5-10)8-14(17(21,22)23)24-15(11)12/h1-4,6-8H,5,9H2. The highest BCUT2D eigenvalue weighted by molar-refractivity contribution is 5.88. The summed E-state index contributed by atoms with van der Waals surface area (Å²) in [5.74, 6) is -0.281. The van der Waals surface area contributed by atoms with Crippen LogP contribution >= 0.6 is 0 Å². The number of fused-ring (bicyclic) bond motifs is 1. The van der Waals surface area contributed by atoms with Gasteiger partial charge >= 0.3 is 12.4 Å². The second-order valence-electron chi connectivity index (χ2n) is 5.45. The van der Waals surface area contributed by atoms with Gasteiger partial charge in [0.1, 0.15) is 18.1 Å². The molecule has 0 radical (unpaired) electrons. The van der Waals surface area contributed by atoms with Gasteiger partial charge in [0.2, 0.25) is 0 Å². The summed E-state index contributed by atoms with van der Waals surface area (Å²) in [7, 11) is 0. The first kappa shape index (κ1) is 17.3. The molecule has 1 aromatic carbocycles. The van der Waals surface area contributed by atoms with Gasteiger partial charge in [-0.2, -0.15) is 26.3 Å². The highest BCUT2D eigenvalue weighted by Crippen LogP contribution is 2.39. The summed E-state index contributed by atoms with van der Waals surface area (Å²) >= 11 is 0. The molecule has 0 saturated heterocycles. The maximum atomic E-state index is 13.1. The first-order valence-electron chi connectivity index (χ1n) is 7.22. The molecule has 0 N–H and O–H groups in total. The molecule has 0 unspecified atom stereocenters. The van der Waals surface area contributed by atoms with Gasteiger partial charge in [0.25, 0.3) is 0 Å². The van der Waals surface area contributed by atoms with E-state index in [0.717, 1.165) is 11.6 Å². The molecule has 2 aromatic rings. The second kappa shape index (κ2) is 6.09. The van der Waals surface area contributed by atoms with Crippen LogP contribution in [0.2, 0.25) is 0 Å². The summed E-state index contributed by atoms with van der Waals surface area (Å²) in [6, 6.07) is 3.70. The van der Waals surface area contributed by atoms with Crippen LogP contribution in [0.4, 0.5) is 26.3 Å². The van der Waals surface area contributed by atoms with Crippen LogP contribution in [0, 0.1) is 0 Å². The number of alkyl halides is 6. The van der Waals surface area contributed by atoms with Gasteiger partial charge in [-0.1, -0.05) is 24.3 Å². The summed E-state index contributed by atoms with van der Waals surface area (Å²) in [4.78, 5) is 3.20. The van der Waals surface area contributed by atoms with Crippen molar-refractivity contribution in [1.29, 1.82) is 0 Å². The molecule has 0 aliphatic heterocycles. The van der Waals surface area contributed by atoms with Crippen LogP contribution in [0.5, 0.6) is 5.75 Å². The largest absolute Gasteiger partial charge is 0.488 e. The van der Waals surface area contributed by atoms with Crippen molar-refractivity contribution >= 4 is 10.9 Å². The lowest BCUT2D eigenvalue weighted by Gasteiger charge is -2.16. The van der Waals surface area contributed by atoms with E-state index in [1.54, 1.807) is 12.2 Å². The number of hydrogen-bond acceptors (Lipinski definition) is 2. The van der Waals surface area contributed by atoms with E-state index < -0.39 is 29.1 Å². The lowest BCUT2D eigenvalue weighted by molar-refractivity contribution is -0.142. The van der Waals surface area contributed by atoms with Crippen LogP contribution in [0.3, 0.4) is 0 Å². The van der Waals surface area contributed by atoms with Crippen molar-refractivity contribution in [1.82, 2.24) is 4.98 Å². The molecule has 0 atom stereocenters. The molecule has 8 heteroatoms. The highest BCUT2D eigenvalue weighted by Gasteiger charge is 2.37. The Kier molecular flexibility index (Phi) is 4.22. The second-order valence-corrected chi connectivity index (χ2v) is 5.45. The van der Waals surface area contributed by atoms with Crippen molar-refractivity contribution in [2.45, 2.75) is 18.8 Å². The van der Waals surface area contributed by atoms with E-state index >= 15 is 0 Å². The molecule has 3 rings (SSSR count). The fraction of sp³-hybridized carbons (Fsp3) is 0.235. The zero-order chi connectivity index (χ0) is 18.2. The van der Waals surface area contributed by atoms with E-state index in [0.29, 0.717) is 18.6 Å². The molecule has 25 heavy (non-hydrogen) atoms. The van der Waals surface area contributed by atoms with Gasteiger partial charge in [-0.05, 0) is 24.1 Å². The predicted octanol–water partition coefficient (Wildman–Crippen LogP) is 5.54. The van der Waals surface area contributed by atoms with E-state index in [2.05, 4.69) is 4.98 Å². The SMILES string of the molecule is FC(F)(F)c1cc(OCC2=CC=CC2)c2cccc(C(F)(F)F)c2n1. The quantitative estimate of drug-likeness (QED) is 0.672. The lowest BCUT2D eigenvalue weighted by atomic mass is 10.1. The minimum Gasteiger partial charge on any atom is -0.488 e. The van der Waals surface area contributed by atoms with Crippen LogP contribution < -0.4 is 4.74 Å². The maximum absolute atomic E-state index is 13.1. The Morgan fingerprint density at radius 1 is 1.04 bits per heavy atom. The van der Waals surface area contributed by atoms with Gasteiger partial charge in [0, 0.05) is 11.5 Å². The summed E-state index contributed by atoms with van der Waals surface area (Å²) in [6.45, 7) is -0.0142. The van der Waals surface area contributed by atoms with Crippen molar-refractivity contribution in [3.8, 4) is 5.75 Å². The van der Waals surface area contributed by atoms with Crippen LogP contribution in [0.15, 0.2) is 48.1 Å². The van der Waals surface area contributed by atoms with Crippen molar-refractivity contribution < 1.29 is 31.1 Å². The van der Waals surface area contributed by atoms with Crippen molar-refractivity contribution in [3.63, 3.8) is 0 Å². The van der Waals surface area contributed by atoms with Gasteiger partial charge in [0.15, 0.2) is 0 Å². The molecular formula is C17H11F6NO. The molecule has 0 fully saturated rings. The van der Waals surface area contributed by atoms with Crippen molar-refractivity contribution in [2.75, 3.05) is 6.61 Å². The molecule has 2 nitrogen and oxygen atoms in total. The Balaban J connectivity index is 2.13. The number of allylic oxidation sites excluding steroid dienone is 3. The molecule has 0 bridgehead atoms. The van der Waals surface area contributed by atoms with Gasteiger partial charge < -0.3 is 4.74 Å². The minimum atomic E-state index is -4.89. The van der Waals surface area contributed by atoms with Gasteiger partial charge in [-0.25, -0.2) is 4.98 Å². The molecular weight excluding hydrogens is 348 g/mol. The number of hydrogen-bond donors (Lipinski definition) is 0. The number of rotatable bonds is 3. The Morgan fingerprint density at radius 3 is 2.40 bits per heavy atom. The number of pyridine rings is 1. The molecule has 1 heterocycles. The lowest BCUT2D eigenvalue weighted by Crippen LogP contribution is -2.12. The predicted molar refractivity (Wildman–Crippen MR) is 79.1 cm³/mol. The first-order valence-corrected chi connectivity index (χ1v) is 7.22. The fourth-order valence-corrected chi connectivity index (χ4v) is 2.48. The van der Waals surface area contributed by atoms with E-state index in [-0.39, 0.29) is 17.7 Å². The molecule has 132 valence electrons. The average molecular weight is 359 g/mol. The summed E-state index contributed by atoms with van der Waals surface area (Å²) in [5, 5.41) is -0.116. The molecule has 0 saturated carbocycles. The number of aromatic nitrogens is 1. The monoisotopic (exact) mass is 359 g/mol. The molecule has 1 aliphatic rings. The van der Waals surface area contributed by atoms with E-state index in [1.807, 2.05) is 6.08 Å². The number of nitrogens with zero attached hydrogens (tertiary/aromatic N) is 1. The Hall–Kier alpha value is -2.51. The average Bonchev–Trinajstić information content (AvgIpc) is 3.03. The molecule has 1 aliphatic carbocycles. The third-order valence-corrected chi connectivity index (χ3v) is 3.66. The topological polar surface area (TPSA) is 22.1 Å². The number of ether oxygens (including phenoxy) is 1. The maximum Gasteiger partial charge on any atom is 0.433 e. The minimum absolute atomic E-state index is 0.0142. The van der Waals surface area contributed by atoms with E-state index in [9.17, 15) is 26.3 Å². The van der Waals surface area contributed by atoms with Crippen LogP contribution in [0.25, 0.3) is 10.9 Å². The van der Waals surface area contributed by atoms with E-state index in [4.69, 9.17) is 4.74 Å². The van der Waals surface area contributed by atoms with Crippen LogP contribution in [-0.4, -0.2) is 11.6 Å². The first-order chi connectivity index (χ1) is 11.7. The van der Waals surface area contributed by atoms with Gasteiger partial charge in [0.05, 0.1) is 11.1 Å². The Labute approximate surface area is 138 Å². The smallest absolute Gasteiger partial charge is 0.433 e. The number of para-hydroxylation sites is 1. The van der Waals surface area contributed by atoms with Crippen LogP contribution in [0.1, 0.15) is 17.7 Å². The fourth-order valence-electron chi connectivity index (χ4n) is 2.48. The normalized spacial score (nSPS) is 14.9. The molecule has 1 aromatic heterocycles. The van der Waals surface area contributed by atoms with Crippen molar-refractivity contribution in [2.24, 2.45) is 0 Å².